The first-order chi connectivity index (χ1) is 8.61. The Morgan fingerprint density at radius 2 is 1.58 bits per heavy atom. The Morgan fingerprint density at radius 1 is 1.05 bits per heavy atom. The van der Waals surface area contributed by atoms with Crippen LogP contribution in [0.25, 0.3) is 0 Å². The van der Waals surface area contributed by atoms with Crippen LogP contribution in [0, 0.1) is 0 Å². The molecule has 1 N–H and O–H groups in total. The fraction of sp³-hybridized carbons (Fsp3) is 0.667. The predicted octanol–water partition coefficient (Wildman–Crippen LogP) is 2.21. The standard InChI is InChI=1S/C15H27N3O/c1-15(2,3)14-13(19)11(9-17(4)5)8-12(16-14)10-18(6)7/h8,19H,9-10H2,1-7H3. The molecule has 4 heteroatoms. The van der Waals surface area contributed by atoms with Crippen molar-refractivity contribution in [3.8, 4) is 5.75 Å². The molecule has 0 saturated carbocycles. The van der Waals surface area contributed by atoms with E-state index in [0.717, 1.165) is 30.0 Å². The Balaban J connectivity index is 3.30. The largest absolute Gasteiger partial charge is 0.506 e. The van der Waals surface area contributed by atoms with E-state index in [0.29, 0.717) is 5.75 Å². The van der Waals surface area contributed by atoms with Crippen molar-refractivity contribution in [1.29, 1.82) is 0 Å². The lowest BCUT2D eigenvalue weighted by molar-refractivity contribution is 0.368. The van der Waals surface area contributed by atoms with Gasteiger partial charge in [0.1, 0.15) is 5.75 Å². The van der Waals surface area contributed by atoms with Crippen LogP contribution in [0.1, 0.15) is 37.7 Å². The minimum atomic E-state index is -0.159. The Bertz CT molecular complexity index is 434. The van der Waals surface area contributed by atoms with Crippen LogP contribution in [0.4, 0.5) is 0 Å². The van der Waals surface area contributed by atoms with Crippen LogP contribution in [-0.4, -0.2) is 48.1 Å². The van der Waals surface area contributed by atoms with Crippen molar-refractivity contribution in [1.82, 2.24) is 14.8 Å². The molecule has 1 aromatic heterocycles. The summed E-state index contributed by atoms with van der Waals surface area (Å²) in [5.41, 5.74) is 2.57. The summed E-state index contributed by atoms with van der Waals surface area (Å²) in [4.78, 5) is 8.79. The predicted molar refractivity (Wildman–Crippen MR) is 79.4 cm³/mol. The number of hydrogen-bond acceptors (Lipinski definition) is 4. The lowest BCUT2D eigenvalue weighted by Crippen LogP contribution is -2.20. The summed E-state index contributed by atoms with van der Waals surface area (Å²) in [6.45, 7) is 7.73. The number of pyridine rings is 1. The molecule has 1 heterocycles. The molecule has 0 atom stereocenters. The summed E-state index contributed by atoms with van der Waals surface area (Å²) >= 11 is 0. The van der Waals surface area contributed by atoms with E-state index >= 15 is 0 Å². The third kappa shape index (κ3) is 4.48. The Kier molecular flexibility index (Phi) is 4.93. The van der Waals surface area contributed by atoms with Gasteiger partial charge in [-0.3, -0.25) is 4.98 Å². The van der Waals surface area contributed by atoms with Gasteiger partial charge < -0.3 is 14.9 Å². The highest BCUT2D eigenvalue weighted by atomic mass is 16.3. The van der Waals surface area contributed by atoms with Crippen LogP contribution in [-0.2, 0) is 18.5 Å². The fourth-order valence-corrected chi connectivity index (χ4v) is 2.04. The second-order valence-electron chi connectivity index (χ2n) is 6.70. The smallest absolute Gasteiger partial charge is 0.142 e. The first-order valence-electron chi connectivity index (χ1n) is 6.63. The zero-order valence-corrected chi connectivity index (χ0v) is 13.3. The van der Waals surface area contributed by atoms with Gasteiger partial charge in [0.2, 0.25) is 0 Å². The van der Waals surface area contributed by atoms with E-state index in [1.54, 1.807) is 0 Å². The van der Waals surface area contributed by atoms with Crippen molar-refractivity contribution in [2.75, 3.05) is 28.2 Å². The summed E-state index contributed by atoms with van der Waals surface area (Å²) in [7, 11) is 8.05. The molecule has 1 aromatic rings. The zero-order chi connectivity index (χ0) is 14.8. The summed E-state index contributed by atoms with van der Waals surface area (Å²) in [6.07, 6.45) is 0. The van der Waals surface area contributed by atoms with Gasteiger partial charge in [-0.25, -0.2) is 0 Å². The number of nitrogens with zero attached hydrogens (tertiary/aromatic N) is 3. The van der Waals surface area contributed by atoms with E-state index in [1.807, 2.05) is 34.3 Å². The average molecular weight is 265 g/mol. The van der Waals surface area contributed by atoms with Gasteiger partial charge in [0.25, 0.3) is 0 Å². The number of aromatic nitrogens is 1. The molecule has 0 amide bonds. The van der Waals surface area contributed by atoms with E-state index in [9.17, 15) is 5.11 Å². The summed E-state index contributed by atoms with van der Waals surface area (Å²) in [6, 6.07) is 2.00. The summed E-state index contributed by atoms with van der Waals surface area (Å²) < 4.78 is 0. The third-order valence-electron chi connectivity index (χ3n) is 2.80. The molecule has 0 spiro atoms. The molecule has 108 valence electrons. The molecule has 0 aliphatic rings. The molecule has 0 bridgehead atoms. The highest BCUT2D eigenvalue weighted by Gasteiger charge is 2.23. The van der Waals surface area contributed by atoms with E-state index in [4.69, 9.17) is 0 Å². The average Bonchev–Trinajstić information content (AvgIpc) is 2.19. The Labute approximate surface area is 117 Å². The molecule has 19 heavy (non-hydrogen) atoms. The molecule has 0 aliphatic carbocycles. The molecule has 0 unspecified atom stereocenters. The topological polar surface area (TPSA) is 39.6 Å². The van der Waals surface area contributed by atoms with Crippen molar-refractivity contribution in [2.24, 2.45) is 0 Å². The molecule has 0 fully saturated rings. The second kappa shape index (κ2) is 5.88. The Morgan fingerprint density at radius 3 is 2.00 bits per heavy atom. The van der Waals surface area contributed by atoms with Crippen LogP contribution in [0.5, 0.6) is 5.75 Å². The first kappa shape index (κ1) is 15.9. The number of aromatic hydroxyl groups is 1. The van der Waals surface area contributed by atoms with E-state index in [-0.39, 0.29) is 5.41 Å². The quantitative estimate of drug-likeness (QED) is 0.906. The normalized spacial score (nSPS) is 12.5. The van der Waals surface area contributed by atoms with Gasteiger partial charge in [-0.05, 0) is 34.3 Å². The van der Waals surface area contributed by atoms with E-state index in [1.165, 1.54) is 0 Å². The van der Waals surface area contributed by atoms with Crippen LogP contribution in [0.15, 0.2) is 6.07 Å². The van der Waals surface area contributed by atoms with Crippen molar-refractivity contribution in [2.45, 2.75) is 39.3 Å². The van der Waals surface area contributed by atoms with Crippen LogP contribution in [0.2, 0.25) is 0 Å². The maximum atomic E-state index is 10.4. The van der Waals surface area contributed by atoms with Gasteiger partial charge in [0, 0.05) is 24.1 Å². The molecular formula is C15H27N3O. The first-order valence-corrected chi connectivity index (χ1v) is 6.63. The highest BCUT2D eigenvalue weighted by molar-refractivity contribution is 5.41. The molecule has 0 radical (unpaired) electrons. The van der Waals surface area contributed by atoms with Gasteiger partial charge >= 0.3 is 0 Å². The maximum absolute atomic E-state index is 10.4. The molecule has 0 aromatic carbocycles. The minimum absolute atomic E-state index is 0.159. The maximum Gasteiger partial charge on any atom is 0.142 e. The van der Waals surface area contributed by atoms with E-state index in [2.05, 4.69) is 35.6 Å². The second-order valence-corrected chi connectivity index (χ2v) is 6.70. The van der Waals surface area contributed by atoms with Crippen LogP contribution < -0.4 is 0 Å². The van der Waals surface area contributed by atoms with Gasteiger partial charge in [-0.15, -0.1) is 0 Å². The fourth-order valence-electron chi connectivity index (χ4n) is 2.04. The molecule has 4 nitrogen and oxygen atoms in total. The molecular weight excluding hydrogens is 238 g/mol. The molecule has 0 saturated heterocycles. The molecule has 1 rings (SSSR count). The monoisotopic (exact) mass is 265 g/mol. The molecule has 0 aliphatic heterocycles. The lowest BCUT2D eigenvalue weighted by Gasteiger charge is -2.23. The SMILES string of the molecule is CN(C)Cc1cc(CN(C)C)c(O)c(C(C)(C)C)n1. The van der Waals surface area contributed by atoms with Gasteiger partial charge in [-0.2, -0.15) is 0 Å². The van der Waals surface area contributed by atoms with Crippen molar-refractivity contribution < 1.29 is 5.11 Å². The third-order valence-corrected chi connectivity index (χ3v) is 2.80. The van der Waals surface area contributed by atoms with Gasteiger partial charge in [-0.1, -0.05) is 20.8 Å². The minimum Gasteiger partial charge on any atom is -0.506 e. The van der Waals surface area contributed by atoms with Gasteiger partial charge in [0.05, 0.1) is 11.4 Å². The van der Waals surface area contributed by atoms with E-state index < -0.39 is 0 Å². The van der Waals surface area contributed by atoms with Crippen molar-refractivity contribution in [3.63, 3.8) is 0 Å². The highest BCUT2D eigenvalue weighted by Crippen LogP contribution is 2.32. The van der Waals surface area contributed by atoms with Gasteiger partial charge in [0.15, 0.2) is 0 Å². The Hall–Kier alpha value is -1.13. The van der Waals surface area contributed by atoms with Crippen LogP contribution in [0.3, 0.4) is 0 Å². The van der Waals surface area contributed by atoms with Crippen molar-refractivity contribution >= 4 is 0 Å². The number of rotatable bonds is 4. The number of hydrogen-bond donors (Lipinski definition) is 1. The lowest BCUT2D eigenvalue weighted by atomic mass is 9.89. The van der Waals surface area contributed by atoms with Crippen LogP contribution >= 0.6 is 0 Å². The summed E-state index contributed by atoms with van der Waals surface area (Å²) in [5.74, 6) is 0.337. The summed E-state index contributed by atoms with van der Waals surface area (Å²) in [5, 5.41) is 10.4. The van der Waals surface area contributed by atoms with Crippen molar-refractivity contribution in [3.05, 3.63) is 23.0 Å². The zero-order valence-electron chi connectivity index (χ0n) is 13.3.